The molecular formula is C7H7BrO5S. The Morgan fingerprint density at radius 3 is 2.50 bits per heavy atom. The minimum atomic E-state index is -4.51. The van der Waals surface area contributed by atoms with Gasteiger partial charge >= 0.3 is 10.4 Å². The Bertz CT molecular complexity index is 428. The van der Waals surface area contributed by atoms with Crippen molar-refractivity contribution in [3.8, 4) is 5.75 Å². The molecule has 7 heteroatoms. The molecule has 1 rings (SSSR count). The second kappa shape index (κ2) is 4.26. The van der Waals surface area contributed by atoms with E-state index in [2.05, 4.69) is 20.1 Å². The monoisotopic (exact) mass is 282 g/mol. The van der Waals surface area contributed by atoms with Gasteiger partial charge in [0.2, 0.25) is 0 Å². The Balaban J connectivity index is 3.01. The molecule has 1 aromatic carbocycles. The van der Waals surface area contributed by atoms with E-state index in [1.165, 1.54) is 18.2 Å². The second-order valence-corrected chi connectivity index (χ2v) is 4.31. The molecule has 0 aliphatic carbocycles. The summed E-state index contributed by atoms with van der Waals surface area (Å²) in [5, 5.41) is 8.76. The molecule has 0 atom stereocenters. The van der Waals surface area contributed by atoms with Crippen molar-refractivity contribution in [1.82, 2.24) is 0 Å². The molecule has 0 amide bonds. The average Bonchev–Trinajstić information content (AvgIpc) is 2.06. The highest BCUT2D eigenvalue weighted by atomic mass is 79.9. The molecule has 14 heavy (non-hydrogen) atoms. The Morgan fingerprint density at radius 2 is 2.07 bits per heavy atom. The summed E-state index contributed by atoms with van der Waals surface area (Å²) in [6.45, 7) is -0.162. The number of hydrogen-bond acceptors (Lipinski definition) is 4. The van der Waals surface area contributed by atoms with Crippen LogP contribution in [0.1, 0.15) is 5.56 Å². The van der Waals surface area contributed by atoms with E-state index in [0.717, 1.165) is 0 Å². The van der Waals surface area contributed by atoms with E-state index < -0.39 is 10.4 Å². The van der Waals surface area contributed by atoms with Crippen molar-refractivity contribution < 1.29 is 22.3 Å². The number of rotatable bonds is 3. The maximum absolute atomic E-state index is 10.4. The van der Waals surface area contributed by atoms with Gasteiger partial charge in [0.15, 0.2) is 5.75 Å². The number of halogens is 1. The van der Waals surface area contributed by atoms with Crippen LogP contribution in [-0.2, 0) is 17.0 Å². The minimum Gasteiger partial charge on any atom is -0.392 e. The third-order valence-electron chi connectivity index (χ3n) is 1.37. The summed E-state index contributed by atoms with van der Waals surface area (Å²) in [6, 6.07) is 4.29. The lowest BCUT2D eigenvalue weighted by atomic mass is 10.2. The molecule has 0 saturated heterocycles. The zero-order valence-electron chi connectivity index (χ0n) is 6.84. The van der Waals surface area contributed by atoms with Crippen LogP contribution in [0, 0.1) is 0 Å². The first-order valence-electron chi connectivity index (χ1n) is 3.48. The van der Waals surface area contributed by atoms with E-state index in [1.54, 1.807) is 0 Å². The Morgan fingerprint density at radius 1 is 1.43 bits per heavy atom. The Labute approximate surface area is 89.4 Å². The van der Waals surface area contributed by atoms with Crippen molar-refractivity contribution >= 4 is 26.3 Å². The predicted molar refractivity (Wildman–Crippen MR) is 52.2 cm³/mol. The van der Waals surface area contributed by atoms with E-state index in [4.69, 9.17) is 9.66 Å². The molecule has 0 unspecified atom stereocenters. The maximum atomic E-state index is 10.4. The van der Waals surface area contributed by atoms with Gasteiger partial charge in [-0.25, -0.2) is 0 Å². The first-order chi connectivity index (χ1) is 6.42. The first-order valence-corrected chi connectivity index (χ1v) is 5.64. The summed E-state index contributed by atoms with van der Waals surface area (Å²) in [5.74, 6) is -0.0373. The van der Waals surface area contributed by atoms with Crippen LogP contribution in [0.25, 0.3) is 0 Å². The van der Waals surface area contributed by atoms with Crippen molar-refractivity contribution in [2.45, 2.75) is 6.61 Å². The quantitative estimate of drug-likeness (QED) is 0.812. The van der Waals surface area contributed by atoms with Crippen molar-refractivity contribution in [1.29, 1.82) is 0 Å². The number of aliphatic hydroxyl groups is 1. The zero-order chi connectivity index (χ0) is 10.8. The van der Waals surface area contributed by atoms with Gasteiger partial charge in [0, 0.05) is 0 Å². The molecule has 78 valence electrons. The van der Waals surface area contributed by atoms with Crippen molar-refractivity contribution in [3.63, 3.8) is 0 Å². The lowest BCUT2D eigenvalue weighted by Gasteiger charge is -2.04. The third kappa shape index (κ3) is 3.26. The van der Waals surface area contributed by atoms with Gasteiger partial charge in [-0.15, -0.1) is 0 Å². The van der Waals surface area contributed by atoms with Crippen LogP contribution in [0.15, 0.2) is 22.7 Å². The molecule has 0 fully saturated rings. The van der Waals surface area contributed by atoms with Gasteiger partial charge in [0.25, 0.3) is 0 Å². The van der Waals surface area contributed by atoms with E-state index in [1.807, 2.05) is 0 Å². The fraction of sp³-hybridized carbons (Fsp3) is 0.143. The van der Waals surface area contributed by atoms with Crippen LogP contribution >= 0.6 is 15.9 Å². The van der Waals surface area contributed by atoms with E-state index in [9.17, 15) is 8.42 Å². The SMILES string of the molecule is O=S(=O)(O)Oc1ccc(CO)cc1Br. The van der Waals surface area contributed by atoms with Crippen LogP contribution in [-0.4, -0.2) is 18.1 Å². The van der Waals surface area contributed by atoms with Crippen LogP contribution in [0.4, 0.5) is 0 Å². The van der Waals surface area contributed by atoms with Crippen LogP contribution in [0.3, 0.4) is 0 Å². The Kier molecular flexibility index (Phi) is 3.48. The van der Waals surface area contributed by atoms with Gasteiger partial charge in [0.1, 0.15) is 0 Å². The summed E-state index contributed by atoms with van der Waals surface area (Å²) < 4.78 is 33.7. The number of hydrogen-bond donors (Lipinski definition) is 2. The highest BCUT2D eigenvalue weighted by Gasteiger charge is 2.10. The first kappa shape index (κ1) is 11.4. The van der Waals surface area contributed by atoms with Gasteiger partial charge in [0.05, 0.1) is 11.1 Å². The molecular weight excluding hydrogens is 276 g/mol. The number of benzene rings is 1. The second-order valence-electron chi connectivity index (χ2n) is 2.43. The van der Waals surface area contributed by atoms with E-state index in [-0.39, 0.29) is 12.4 Å². The van der Waals surface area contributed by atoms with Gasteiger partial charge in [-0.1, -0.05) is 6.07 Å². The molecule has 1 aromatic rings. The molecule has 2 N–H and O–H groups in total. The van der Waals surface area contributed by atoms with Crippen LogP contribution < -0.4 is 4.18 Å². The normalized spacial score (nSPS) is 11.4. The molecule has 0 heterocycles. The summed E-state index contributed by atoms with van der Waals surface area (Å²) in [5.41, 5.74) is 0.597. The summed E-state index contributed by atoms with van der Waals surface area (Å²) in [6.07, 6.45) is 0. The van der Waals surface area contributed by atoms with Gasteiger partial charge in [-0.3, -0.25) is 4.55 Å². The zero-order valence-corrected chi connectivity index (χ0v) is 9.25. The fourth-order valence-corrected chi connectivity index (χ4v) is 1.81. The highest BCUT2D eigenvalue weighted by molar-refractivity contribution is 9.10. The molecule has 0 radical (unpaired) electrons. The standard InChI is InChI=1S/C7H7BrO5S/c8-6-3-5(4-9)1-2-7(6)13-14(10,11)12/h1-3,9H,4H2,(H,10,11,12). The topological polar surface area (TPSA) is 83.8 Å². The molecule has 0 aliphatic rings. The van der Waals surface area contributed by atoms with Crippen LogP contribution in [0.5, 0.6) is 5.75 Å². The Hall–Kier alpha value is -0.630. The highest BCUT2D eigenvalue weighted by Crippen LogP contribution is 2.26. The molecule has 0 bridgehead atoms. The predicted octanol–water partition coefficient (Wildman–Crippen LogP) is 1.12. The molecule has 0 saturated carbocycles. The minimum absolute atomic E-state index is 0.0373. The lowest BCUT2D eigenvalue weighted by Crippen LogP contribution is -2.07. The molecule has 0 spiro atoms. The molecule has 0 aromatic heterocycles. The lowest BCUT2D eigenvalue weighted by molar-refractivity contribution is 0.281. The van der Waals surface area contributed by atoms with E-state index >= 15 is 0 Å². The summed E-state index contributed by atoms with van der Waals surface area (Å²) >= 11 is 3.03. The summed E-state index contributed by atoms with van der Waals surface area (Å²) in [4.78, 5) is 0. The van der Waals surface area contributed by atoms with Gasteiger partial charge in [-0.2, -0.15) is 8.42 Å². The molecule has 5 nitrogen and oxygen atoms in total. The van der Waals surface area contributed by atoms with Gasteiger partial charge < -0.3 is 9.29 Å². The summed E-state index contributed by atoms with van der Waals surface area (Å²) in [7, 11) is -4.51. The van der Waals surface area contributed by atoms with Crippen molar-refractivity contribution in [3.05, 3.63) is 28.2 Å². The smallest absolute Gasteiger partial charge is 0.392 e. The van der Waals surface area contributed by atoms with Gasteiger partial charge in [-0.05, 0) is 33.6 Å². The third-order valence-corrected chi connectivity index (χ3v) is 2.38. The largest absolute Gasteiger partial charge is 0.446 e. The van der Waals surface area contributed by atoms with E-state index in [0.29, 0.717) is 10.0 Å². The van der Waals surface area contributed by atoms with Crippen LogP contribution in [0.2, 0.25) is 0 Å². The average molecular weight is 283 g/mol. The van der Waals surface area contributed by atoms with Crippen molar-refractivity contribution in [2.24, 2.45) is 0 Å². The number of aliphatic hydroxyl groups excluding tert-OH is 1. The fourth-order valence-electron chi connectivity index (χ4n) is 0.824. The molecule has 0 aliphatic heterocycles. The maximum Gasteiger partial charge on any atom is 0.446 e. The van der Waals surface area contributed by atoms with Crippen molar-refractivity contribution in [2.75, 3.05) is 0 Å².